The zero-order valence-corrected chi connectivity index (χ0v) is 26.1. The van der Waals surface area contributed by atoms with E-state index in [9.17, 15) is 9.59 Å². The normalized spacial score (nSPS) is 14.8. The summed E-state index contributed by atoms with van der Waals surface area (Å²) in [6.07, 6.45) is 7.08. The molecule has 2 saturated heterocycles. The smallest absolute Gasteiger partial charge is 0.410 e. The first kappa shape index (κ1) is 39.3. The van der Waals surface area contributed by atoms with Gasteiger partial charge in [-0.05, 0) is 90.7 Å². The molecule has 2 aromatic rings. The van der Waals surface area contributed by atoms with Gasteiger partial charge < -0.3 is 19.7 Å². The number of ether oxygens (including phenoxy) is 2. The van der Waals surface area contributed by atoms with Crippen molar-refractivity contribution in [2.75, 3.05) is 32.8 Å². The first-order chi connectivity index (χ1) is 19.6. The lowest BCUT2D eigenvalue weighted by atomic mass is 9.93. The van der Waals surface area contributed by atoms with E-state index in [-0.39, 0.29) is 31.9 Å². The van der Waals surface area contributed by atoms with E-state index in [2.05, 4.69) is 32.2 Å². The van der Waals surface area contributed by atoms with Gasteiger partial charge in [0.15, 0.2) is 0 Å². The fourth-order valence-electron chi connectivity index (χ4n) is 4.43. The van der Waals surface area contributed by atoms with Gasteiger partial charge in [0.05, 0.1) is 17.7 Å². The van der Waals surface area contributed by atoms with Crippen molar-refractivity contribution in [2.24, 2.45) is 0 Å². The number of carbonyl (C=O) groups excluding carboxylic acids is 2. The Kier molecular flexibility index (Phi) is 18.5. The van der Waals surface area contributed by atoms with Crippen LogP contribution in [0.3, 0.4) is 0 Å². The van der Waals surface area contributed by atoms with E-state index in [1.54, 1.807) is 30.3 Å². The van der Waals surface area contributed by atoms with Gasteiger partial charge in [-0.15, -0.1) is 12.4 Å². The first-order valence-corrected chi connectivity index (χ1v) is 14.1. The number of nitrogens with zero attached hydrogens (tertiary/aromatic N) is 5. The molecular formula is C32H47ClN6O4. The number of esters is 1. The molecule has 10 nitrogen and oxygen atoms in total. The van der Waals surface area contributed by atoms with Gasteiger partial charge in [0.1, 0.15) is 17.7 Å². The van der Waals surface area contributed by atoms with Crippen molar-refractivity contribution < 1.29 is 19.1 Å². The van der Waals surface area contributed by atoms with Crippen LogP contribution in [0.25, 0.3) is 0 Å². The Labute approximate surface area is 263 Å². The molecule has 2 aliphatic rings. The lowest BCUT2D eigenvalue weighted by Crippen LogP contribution is -2.41. The lowest BCUT2D eigenvalue weighted by Gasteiger charge is -2.33. The van der Waals surface area contributed by atoms with E-state index in [0.717, 1.165) is 50.2 Å². The van der Waals surface area contributed by atoms with Crippen molar-refractivity contribution in [1.82, 2.24) is 20.2 Å². The number of aromatic nitrogens is 2. The second kappa shape index (κ2) is 20.2. The van der Waals surface area contributed by atoms with E-state index in [1.165, 1.54) is 6.92 Å². The van der Waals surface area contributed by atoms with Gasteiger partial charge in [-0.1, -0.05) is 7.43 Å². The van der Waals surface area contributed by atoms with Gasteiger partial charge in [-0.3, -0.25) is 14.8 Å². The fraction of sp³-hybridized carbons (Fsp3) is 0.562. The largest absolute Gasteiger partial charge is 0.466 e. The molecule has 0 atom stereocenters. The number of hydrogen-bond donors (Lipinski definition) is 1. The molecule has 43 heavy (non-hydrogen) atoms. The molecule has 0 unspecified atom stereocenters. The van der Waals surface area contributed by atoms with Crippen LogP contribution in [0.1, 0.15) is 102 Å². The maximum atomic E-state index is 12.0. The topological polar surface area (TPSA) is 141 Å². The van der Waals surface area contributed by atoms with Crippen molar-refractivity contribution in [2.45, 2.75) is 85.2 Å². The summed E-state index contributed by atoms with van der Waals surface area (Å²) in [5, 5.41) is 20.7. The molecule has 4 rings (SSSR count). The number of nitrogens with one attached hydrogen (secondary N) is 1. The molecule has 4 heterocycles. The molecule has 0 aliphatic carbocycles. The summed E-state index contributed by atoms with van der Waals surface area (Å²) in [6.45, 7) is 12.8. The summed E-state index contributed by atoms with van der Waals surface area (Å²) in [7, 11) is 0. The second-order valence-electron chi connectivity index (χ2n) is 10.9. The van der Waals surface area contributed by atoms with Crippen LogP contribution in [0, 0.1) is 22.7 Å². The monoisotopic (exact) mass is 614 g/mol. The summed E-state index contributed by atoms with van der Waals surface area (Å²) >= 11 is 0. The highest BCUT2D eigenvalue weighted by molar-refractivity contribution is 5.85. The molecule has 0 saturated carbocycles. The standard InChI is InChI=1S/C16H21N3O2.C11H13N3.C4H8O2.CH4.ClH/c1-16(2,3)21-15(20)19-8-6-13(7-9-19)14-5-4-12(10-17)11-18-14;12-7-9-1-2-11(14-8-9)10-3-5-13-6-4-10;1-3-6-4(2)5;;/h4-5,11,13H,6-9H2,1-3H3;1-2,8,10,13H,3-6H2;3H2,1-2H3;1H4;1H. The number of nitriles is 2. The van der Waals surface area contributed by atoms with Gasteiger partial charge in [-0.2, -0.15) is 10.5 Å². The Hall–Kier alpha value is -3.73. The van der Waals surface area contributed by atoms with Gasteiger partial charge in [-0.25, -0.2) is 4.79 Å². The van der Waals surface area contributed by atoms with Crippen LogP contribution in [0.15, 0.2) is 36.7 Å². The first-order valence-electron chi connectivity index (χ1n) is 14.1. The van der Waals surface area contributed by atoms with Crippen LogP contribution in [-0.4, -0.2) is 65.3 Å². The number of piperidine rings is 2. The highest BCUT2D eigenvalue weighted by atomic mass is 35.5. The maximum Gasteiger partial charge on any atom is 0.410 e. The number of pyridine rings is 2. The van der Waals surface area contributed by atoms with Crippen LogP contribution >= 0.6 is 12.4 Å². The summed E-state index contributed by atoms with van der Waals surface area (Å²) < 4.78 is 9.79. The summed E-state index contributed by atoms with van der Waals surface area (Å²) in [5.74, 6) is 0.706. The minimum Gasteiger partial charge on any atom is -0.466 e. The summed E-state index contributed by atoms with van der Waals surface area (Å²) in [4.78, 5) is 32.2. The number of halogens is 1. The van der Waals surface area contributed by atoms with E-state index < -0.39 is 5.60 Å². The minimum absolute atomic E-state index is 0. The number of rotatable bonds is 3. The zero-order valence-electron chi connectivity index (χ0n) is 25.3. The molecule has 1 amide bonds. The SMILES string of the molecule is C.CC(C)(C)OC(=O)N1CCC(c2ccc(C#N)cn2)CC1.CCOC(C)=O.Cl.N#Cc1ccc(C2CCNCC2)nc1. The van der Waals surface area contributed by atoms with Crippen molar-refractivity contribution in [3.63, 3.8) is 0 Å². The van der Waals surface area contributed by atoms with E-state index >= 15 is 0 Å². The molecule has 2 aliphatic heterocycles. The van der Waals surface area contributed by atoms with E-state index in [0.29, 0.717) is 42.7 Å². The Morgan fingerprint density at radius 2 is 1.40 bits per heavy atom. The zero-order chi connectivity index (χ0) is 30.3. The van der Waals surface area contributed by atoms with E-state index in [1.807, 2.05) is 39.0 Å². The molecule has 1 N–H and O–H groups in total. The Morgan fingerprint density at radius 1 is 0.930 bits per heavy atom. The molecule has 0 radical (unpaired) electrons. The van der Waals surface area contributed by atoms with Crippen molar-refractivity contribution >= 4 is 24.5 Å². The average Bonchev–Trinajstić information content (AvgIpc) is 2.97. The van der Waals surface area contributed by atoms with Crippen LogP contribution in [-0.2, 0) is 14.3 Å². The van der Waals surface area contributed by atoms with Crippen molar-refractivity contribution in [1.29, 1.82) is 10.5 Å². The highest BCUT2D eigenvalue weighted by Crippen LogP contribution is 2.27. The van der Waals surface area contributed by atoms with Gasteiger partial charge in [0, 0.05) is 55.6 Å². The van der Waals surface area contributed by atoms with E-state index in [4.69, 9.17) is 15.3 Å². The van der Waals surface area contributed by atoms with Gasteiger partial charge in [0.2, 0.25) is 0 Å². The molecular weight excluding hydrogens is 568 g/mol. The molecule has 236 valence electrons. The second-order valence-corrected chi connectivity index (χ2v) is 10.9. The number of likely N-dealkylation sites (tertiary alicyclic amines) is 1. The molecule has 11 heteroatoms. The summed E-state index contributed by atoms with van der Waals surface area (Å²) in [6, 6.07) is 11.7. The Morgan fingerprint density at radius 3 is 1.72 bits per heavy atom. The van der Waals surface area contributed by atoms with Gasteiger partial charge in [0.25, 0.3) is 0 Å². The van der Waals surface area contributed by atoms with Crippen LogP contribution < -0.4 is 5.32 Å². The molecule has 2 aromatic heterocycles. The number of carbonyl (C=O) groups is 2. The minimum atomic E-state index is -0.456. The average molecular weight is 615 g/mol. The van der Waals surface area contributed by atoms with Crippen molar-refractivity contribution in [3.8, 4) is 12.1 Å². The van der Waals surface area contributed by atoms with Crippen LogP contribution in [0.4, 0.5) is 4.79 Å². The predicted molar refractivity (Wildman–Crippen MR) is 169 cm³/mol. The molecule has 0 bridgehead atoms. The number of amides is 1. The quantitative estimate of drug-likeness (QED) is 0.405. The van der Waals surface area contributed by atoms with Crippen LogP contribution in [0.5, 0.6) is 0 Å². The lowest BCUT2D eigenvalue weighted by molar-refractivity contribution is -0.140. The van der Waals surface area contributed by atoms with Gasteiger partial charge >= 0.3 is 12.1 Å². The molecule has 0 aromatic carbocycles. The molecule has 2 fully saturated rings. The highest BCUT2D eigenvalue weighted by Gasteiger charge is 2.28. The maximum absolute atomic E-state index is 12.0. The Balaban J connectivity index is 0.000000694. The Bertz CT molecular complexity index is 1170. The molecule has 0 spiro atoms. The predicted octanol–water partition coefficient (Wildman–Crippen LogP) is 6.12. The third-order valence-electron chi connectivity index (χ3n) is 6.50. The third kappa shape index (κ3) is 14.8. The third-order valence-corrected chi connectivity index (χ3v) is 6.50. The van der Waals surface area contributed by atoms with Crippen LogP contribution in [0.2, 0.25) is 0 Å². The fourth-order valence-corrected chi connectivity index (χ4v) is 4.43. The summed E-state index contributed by atoms with van der Waals surface area (Å²) in [5.41, 5.74) is 2.89. The number of hydrogen-bond acceptors (Lipinski definition) is 9. The van der Waals surface area contributed by atoms with Crippen molar-refractivity contribution in [3.05, 3.63) is 59.2 Å².